The summed E-state index contributed by atoms with van der Waals surface area (Å²) in [5, 5.41) is 9.09. The molecule has 0 aliphatic heterocycles. The van der Waals surface area contributed by atoms with Gasteiger partial charge in [-0.25, -0.2) is 4.98 Å². The summed E-state index contributed by atoms with van der Waals surface area (Å²) in [6.07, 6.45) is 1.62. The highest BCUT2D eigenvalue weighted by Gasteiger charge is 2.08. The number of nitrogens with zero attached hydrogens (tertiary/aromatic N) is 3. The Morgan fingerprint density at radius 2 is 2.23 bits per heavy atom. The summed E-state index contributed by atoms with van der Waals surface area (Å²) in [6, 6.07) is 3.62. The molecule has 0 radical (unpaired) electrons. The molecule has 0 bridgehead atoms. The molecule has 4 nitrogen and oxygen atoms in total. The molecule has 13 heavy (non-hydrogen) atoms. The zero-order chi connectivity index (χ0) is 9.26. The Bertz CT molecular complexity index is 428. The Morgan fingerprint density at radius 1 is 1.38 bits per heavy atom. The molecule has 0 amide bonds. The van der Waals surface area contributed by atoms with Gasteiger partial charge in [0.05, 0.1) is 0 Å². The molecule has 2 aromatic heterocycles. The van der Waals surface area contributed by atoms with E-state index < -0.39 is 0 Å². The van der Waals surface area contributed by atoms with Gasteiger partial charge in [-0.1, -0.05) is 22.9 Å². The van der Waals surface area contributed by atoms with Crippen molar-refractivity contribution in [3.8, 4) is 10.6 Å². The van der Waals surface area contributed by atoms with E-state index >= 15 is 0 Å². The molecular weight excluding hydrogens is 208 g/mol. The molecule has 2 rings (SSSR count). The fourth-order valence-corrected chi connectivity index (χ4v) is 1.79. The largest absolute Gasteiger partial charge is 0.374 e. The first-order chi connectivity index (χ1) is 6.27. The minimum absolute atomic E-state index is 0.415. The molecule has 2 heterocycles. The van der Waals surface area contributed by atoms with E-state index in [1.165, 1.54) is 11.3 Å². The normalized spacial score (nSPS) is 10.2. The monoisotopic (exact) mass is 212 g/mol. The molecule has 0 saturated carbocycles. The van der Waals surface area contributed by atoms with Crippen molar-refractivity contribution in [2.75, 3.05) is 5.73 Å². The number of nitrogen functional groups attached to an aromatic ring is 1. The van der Waals surface area contributed by atoms with Crippen molar-refractivity contribution in [2.45, 2.75) is 0 Å². The number of pyridine rings is 1. The van der Waals surface area contributed by atoms with Crippen LogP contribution in [-0.2, 0) is 0 Å². The van der Waals surface area contributed by atoms with Gasteiger partial charge in [0.25, 0.3) is 0 Å². The standard InChI is InChI=1S/C7H5ClN4S/c8-5-4(2-1-3-10-5)6-11-12-7(9)13-6/h1-3H,(H2,9,12). The third kappa shape index (κ3) is 1.61. The van der Waals surface area contributed by atoms with Crippen molar-refractivity contribution < 1.29 is 0 Å². The lowest BCUT2D eigenvalue weighted by Gasteiger charge is -1.95. The molecule has 0 spiro atoms. The first kappa shape index (κ1) is 8.40. The van der Waals surface area contributed by atoms with Crippen molar-refractivity contribution in [2.24, 2.45) is 0 Å². The Labute approximate surface area is 83.4 Å². The van der Waals surface area contributed by atoms with Crippen molar-refractivity contribution in [1.82, 2.24) is 15.2 Å². The minimum Gasteiger partial charge on any atom is -0.374 e. The Kier molecular flexibility index (Phi) is 2.12. The van der Waals surface area contributed by atoms with Gasteiger partial charge in [0.15, 0.2) is 5.01 Å². The van der Waals surface area contributed by atoms with Gasteiger partial charge in [0.2, 0.25) is 5.13 Å². The number of hydrogen-bond donors (Lipinski definition) is 1. The van der Waals surface area contributed by atoms with Gasteiger partial charge in [-0.3, -0.25) is 0 Å². The number of halogens is 1. The molecule has 0 fully saturated rings. The summed E-state index contributed by atoms with van der Waals surface area (Å²) in [6.45, 7) is 0. The van der Waals surface area contributed by atoms with Gasteiger partial charge in [-0.15, -0.1) is 10.2 Å². The SMILES string of the molecule is Nc1nnc(-c2cccnc2Cl)s1. The van der Waals surface area contributed by atoms with E-state index in [-0.39, 0.29) is 0 Å². The highest BCUT2D eigenvalue weighted by molar-refractivity contribution is 7.18. The number of anilines is 1. The van der Waals surface area contributed by atoms with Crippen LogP contribution in [0.15, 0.2) is 18.3 Å². The average molecular weight is 213 g/mol. The maximum absolute atomic E-state index is 5.85. The van der Waals surface area contributed by atoms with Crippen LogP contribution in [0, 0.1) is 0 Å². The Morgan fingerprint density at radius 3 is 2.85 bits per heavy atom. The predicted molar refractivity (Wildman–Crippen MR) is 52.6 cm³/mol. The van der Waals surface area contributed by atoms with Crippen LogP contribution in [0.4, 0.5) is 5.13 Å². The van der Waals surface area contributed by atoms with Gasteiger partial charge in [0.1, 0.15) is 5.15 Å². The number of hydrogen-bond acceptors (Lipinski definition) is 5. The zero-order valence-corrected chi connectivity index (χ0v) is 8.01. The minimum atomic E-state index is 0.415. The van der Waals surface area contributed by atoms with Gasteiger partial charge in [0, 0.05) is 11.8 Å². The molecule has 6 heteroatoms. The maximum Gasteiger partial charge on any atom is 0.203 e. The van der Waals surface area contributed by atoms with E-state index in [0.717, 1.165) is 5.56 Å². The lowest BCUT2D eigenvalue weighted by Crippen LogP contribution is -1.81. The topological polar surface area (TPSA) is 64.7 Å². The van der Waals surface area contributed by atoms with E-state index in [9.17, 15) is 0 Å². The highest BCUT2D eigenvalue weighted by Crippen LogP contribution is 2.28. The quantitative estimate of drug-likeness (QED) is 0.733. The Hall–Kier alpha value is -1.20. The molecule has 2 aromatic rings. The summed E-state index contributed by atoms with van der Waals surface area (Å²) in [4.78, 5) is 3.93. The van der Waals surface area contributed by atoms with Crippen molar-refractivity contribution in [3.63, 3.8) is 0 Å². The van der Waals surface area contributed by atoms with Crippen LogP contribution < -0.4 is 5.73 Å². The number of rotatable bonds is 1. The second-order valence-corrected chi connectivity index (χ2v) is 3.65. The lowest BCUT2D eigenvalue weighted by atomic mass is 10.3. The second kappa shape index (κ2) is 3.27. The zero-order valence-electron chi connectivity index (χ0n) is 6.44. The van der Waals surface area contributed by atoms with E-state index in [1.54, 1.807) is 12.3 Å². The third-order valence-electron chi connectivity index (χ3n) is 1.43. The van der Waals surface area contributed by atoms with Crippen LogP contribution in [0.25, 0.3) is 10.6 Å². The van der Waals surface area contributed by atoms with Gasteiger partial charge >= 0.3 is 0 Å². The first-order valence-electron chi connectivity index (χ1n) is 3.47. The smallest absolute Gasteiger partial charge is 0.203 e. The van der Waals surface area contributed by atoms with Gasteiger partial charge in [-0.2, -0.15) is 0 Å². The molecule has 0 aliphatic rings. The summed E-state index contributed by atoms with van der Waals surface area (Å²) < 4.78 is 0. The predicted octanol–water partition coefficient (Wildman–Crippen LogP) is 1.84. The second-order valence-electron chi connectivity index (χ2n) is 2.29. The van der Waals surface area contributed by atoms with Gasteiger partial charge < -0.3 is 5.73 Å². The number of nitrogens with two attached hydrogens (primary N) is 1. The first-order valence-corrected chi connectivity index (χ1v) is 4.66. The fourth-order valence-electron chi connectivity index (χ4n) is 0.889. The van der Waals surface area contributed by atoms with Crippen LogP contribution >= 0.6 is 22.9 Å². The fraction of sp³-hybridized carbons (Fsp3) is 0. The van der Waals surface area contributed by atoms with Crippen molar-refractivity contribution >= 4 is 28.1 Å². The third-order valence-corrected chi connectivity index (χ3v) is 2.52. The van der Waals surface area contributed by atoms with Crippen LogP contribution in [0.1, 0.15) is 0 Å². The van der Waals surface area contributed by atoms with Crippen LogP contribution in [-0.4, -0.2) is 15.2 Å². The van der Waals surface area contributed by atoms with Crippen LogP contribution in [0.2, 0.25) is 5.15 Å². The van der Waals surface area contributed by atoms with Gasteiger partial charge in [-0.05, 0) is 12.1 Å². The molecule has 0 saturated heterocycles. The Balaban J connectivity index is 2.52. The summed E-state index contributed by atoms with van der Waals surface area (Å²) >= 11 is 7.14. The van der Waals surface area contributed by atoms with Crippen molar-refractivity contribution in [1.29, 1.82) is 0 Å². The molecule has 0 unspecified atom stereocenters. The summed E-state index contributed by atoms with van der Waals surface area (Å²) in [5.41, 5.74) is 6.21. The van der Waals surface area contributed by atoms with Crippen molar-refractivity contribution in [3.05, 3.63) is 23.5 Å². The molecule has 2 N–H and O–H groups in total. The lowest BCUT2D eigenvalue weighted by molar-refractivity contribution is 1.10. The van der Waals surface area contributed by atoms with E-state index in [4.69, 9.17) is 17.3 Å². The molecule has 0 aromatic carbocycles. The van der Waals surface area contributed by atoms with E-state index in [0.29, 0.717) is 15.3 Å². The number of aromatic nitrogens is 3. The average Bonchev–Trinajstić information content (AvgIpc) is 2.53. The molecular formula is C7H5ClN4S. The van der Waals surface area contributed by atoms with E-state index in [2.05, 4.69) is 15.2 Å². The summed E-state index contributed by atoms with van der Waals surface area (Å²) in [7, 11) is 0. The van der Waals surface area contributed by atoms with Crippen LogP contribution in [0.5, 0.6) is 0 Å². The van der Waals surface area contributed by atoms with Crippen LogP contribution in [0.3, 0.4) is 0 Å². The highest BCUT2D eigenvalue weighted by atomic mass is 35.5. The van der Waals surface area contributed by atoms with E-state index in [1.807, 2.05) is 6.07 Å². The molecule has 0 aliphatic carbocycles. The maximum atomic E-state index is 5.85. The molecule has 66 valence electrons. The summed E-state index contributed by atoms with van der Waals surface area (Å²) in [5.74, 6) is 0. The molecule has 0 atom stereocenters.